The molecule has 0 spiro atoms. The molecule has 0 bridgehead atoms. The molecule has 16 heavy (non-hydrogen) atoms. The highest BCUT2D eigenvalue weighted by atomic mass is 16.3. The van der Waals surface area contributed by atoms with Crippen LogP contribution in [-0.2, 0) is 9.59 Å². The van der Waals surface area contributed by atoms with Gasteiger partial charge in [-0.1, -0.05) is 6.08 Å². The lowest BCUT2D eigenvalue weighted by Gasteiger charge is -2.04. The van der Waals surface area contributed by atoms with Crippen molar-refractivity contribution in [2.45, 2.75) is 0 Å². The number of hydrogen-bond donors (Lipinski definition) is 3. The number of carbonyl (C=O) groups is 2. The number of aromatic hydroxyl groups is 1. The van der Waals surface area contributed by atoms with Crippen LogP contribution in [0.1, 0.15) is 0 Å². The van der Waals surface area contributed by atoms with E-state index in [0.29, 0.717) is 5.69 Å². The number of phenolic OH excluding ortho intramolecular Hbond substituents is 1. The maximum atomic E-state index is 11.3. The highest BCUT2D eigenvalue weighted by Gasteiger charge is 2.11. The molecule has 5 heteroatoms. The second-order valence-electron chi connectivity index (χ2n) is 3.00. The maximum Gasteiger partial charge on any atom is 0.313 e. The molecule has 0 fully saturated rings. The van der Waals surface area contributed by atoms with Gasteiger partial charge in [0.25, 0.3) is 0 Å². The molecule has 1 aromatic carbocycles. The first-order valence-corrected chi connectivity index (χ1v) is 4.62. The van der Waals surface area contributed by atoms with Crippen molar-refractivity contribution in [1.82, 2.24) is 5.32 Å². The number of anilines is 1. The zero-order valence-electron chi connectivity index (χ0n) is 8.56. The second-order valence-corrected chi connectivity index (χ2v) is 3.00. The van der Waals surface area contributed by atoms with E-state index >= 15 is 0 Å². The minimum absolute atomic E-state index is 0.0918. The van der Waals surface area contributed by atoms with Gasteiger partial charge in [0.1, 0.15) is 5.75 Å². The van der Waals surface area contributed by atoms with Crippen LogP contribution in [-0.4, -0.2) is 23.5 Å². The zero-order chi connectivity index (χ0) is 12.0. The normalized spacial score (nSPS) is 9.25. The first kappa shape index (κ1) is 11.8. The Labute approximate surface area is 92.8 Å². The summed E-state index contributed by atoms with van der Waals surface area (Å²) in [6.07, 6.45) is 1.48. The number of hydrogen-bond acceptors (Lipinski definition) is 3. The van der Waals surface area contributed by atoms with Crippen molar-refractivity contribution in [1.29, 1.82) is 0 Å². The Morgan fingerprint density at radius 1 is 1.25 bits per heavy atom. The lowest BCUT2D eigenvalue weighted by Crippen LogP contribution is -2.35. The van der Waals surface area contributed by atoms with Crippen LogP contribution in [0, 0.1) is 0 Å². The van der Waals surface area contributed by atoms with Gasteiger partial charge in [0.2, 0.25) is 0 Å². The molecule has 0 aliphatic carbocycles. The van der Waals surface area contributed by atoms with Crippen LogP contribution in [0.5, 0.6) is 5.75 Å². The molecule has 0 aromatic heterocycles. The van der Waals surface area contributed by atoms with Crippen LogP contribution in [0.4, 0.5) is 5.69 Å². The largest absolute Gasteiger partial charge is 0.508 e. The Balaban J connectivity index is 2.54. The number of nitrogens with one attached hydrogen (secondary N) is 2. The lowest BCUT2D eigenvalue weighted by atomic mass is 10.3. The number of carbonyl (C=O) groups excluding carboxylic acids is 2. The predicted molar refractivity (Wildman–Crippen MR) is 59.9 cm³/mol. The van der Waals surface area contributed by atoms with Gasteiger partial charge in [-0.15, -0.1) is 6.58 Å². The van der Waals surface area contributed by atoms with Crippen LogP contribution in [0.3, 0.4) is 0 Å². The monoisotopic (exact) mass is 220 g/mol. The zero-order valence-corrected chi connectivity index (χ0v) is 8.56. The molecule has 2 amide bonds. The van der Waals surface area contributed by atoms with Gasteiger partial charge < -0.3 is 15.7 Å². The molecule has 84 valence electrons. The third kappa shape index (κ3) is 3.45. The quantitative estimate of drug-likeness (QED) is 0.397. The Hall–Kier alpha value is -2.30. The van der Waals surface area contributed by atoms with Crippen molar-refractivity contribution in [2.24, 2.45) is 0 Å². The van der Waals surface area contributed by atoms with E-state index in [4.69, 9.17) is 5.11 Å². The van der Waals surface area contributed by atoms with Gasteiger partial charge in [-0.05, 0) is 24.3 Å². The highest BCUT2D eigenvalue weighted by molar-refractivity contribution is 6.39. The summed E-state index contributed by atoms with van der Waals surface area (Å²) in [5.41, 5.74) is 0.441. The summed E-state index contributed by atoms with van der Waals surface area (Å²) >= 11 is 0. The third-order valence-corrected chi connectivity index (χ3v) is 1.74. The van der Waals surface area contributed by atoms with E-state index in [1.165, 1.54) is 30.3 Å². The number of benzene rings is 1. The molecule has 0 aliphatic heterocycles. The molecular weight excluding hydrogens is 208 g/mol. The van der Waals surface area contributed by atoms with Crippen LogP contribution >= 0.6 is 0 Å². The fourth-order valence-electron chi connectivity index (χ4n) is 0.978. The summed E-state index contributed by atoms with van der Waals surface area (Å²) in [6, 6.07) is 5.82. The molecule has 3 N–H and O–H groups in total. The van der Waals surface area contributed by atoms with Crippen molar-refractivity contribution in [3.05, 3.63) is 36.9 Å². The molecule has 0 aliphatic rings. The average Bonchev–Trinajstić information content (AvgIpc) is 2.29. The van der Waals surface area contributed by atoms with Gasteiger partial charge in [0.05, 0.1) is 0 Å². The number of rotatable bonds is 3. The van der Waals surface area contributed by atoms with Gasteiger partial charge in [0.15, 0.2) is 0 Å². The molecule has 1 aromatic rings. The first-order valence-electron chi connectivity index (χ1n) is 4.62. The van der Waals surface area contributed by atoms with E-state index in [0.717, 1.165) is 0 Å². The second kappa shape index (κ2) is 5.55. The van der Waals surface area contributed by atoms with E-state index in [9.17, 15) is 9.59 Å². The lowest BCUT2D eigenvalue weighted by molar-refractivity contribution is -0.136. The van der Waals surface area contributed by atoms with Gasteiger partial charge in [0, 0.05) is 12.2 Å². The average molecular weight is 220 g/mol. The fraction of sp³-hybridized carbons (Fsp3) is 0.0909. The minimum Gasteiger partial charge on any atom is -0.508 e. The van der Waals surface area contributed by atoms with Crippen LogP contribution in [0.25, 0.3) is 0 Å². The Morgan fingerprint density at radius 2 is 1.88 bits per heavy atom. The highest BCUT2D eigenvalue weighted by Crippen LogP contribution is 2.13. The Morgan fingerprint density at radius 3 is 2.44 bits per heavy atom. The number of phenols is 1. The van der Waals surface area contributed by atoms with E-state index in [2.05, 4.69) is 17.2 Å². The molecule has 0 heterocycles. The van der Waals surface area contributed by atoms with Crippen molar-refractivity contribution in [3.63, 3.8) is 0 Å². The molecular formula is C11H12N2O3. The summed E-state index contributed by atoms with van der Waals surface area (Å²) < 4.78 is 0. The summed E-state index contributed by atoms with van der Waals surface area (Å²) in [6.45, 7) is 3.65. The summed E-state index contributed by atoms with van der Waals surface area (Å²) in [5.74, 6) is -1.39. The van der Waals surface area contributed by atoms with Gasteiger partial charge >= 0.3 is 11.8 Å². The Bertz CT molecular complexity index is 398. The van der Waals surface area contributed by atoms with Crippen molar-refractivity contribution in [2.75, 3.05) is 11.9 Å². The SMILES string of the molecule is C=CCNC(=O)C(=O)Nc1ccc(O)cc1. The van der Waals surface area contributed by atoms with Gasteiger partial charge in [-0.2, -0.15) is 0 Å². The third-order valence-electron chi connectivity index (χ3n) is 1.74. The van der Waals surface area contributed by atoms with Crippen molar-refractivity contribution >= 4 is 17.5 Å². The van der Waals surface area contributed by atoms with Crippen molar-refractivity contribution < 1.29 is 14.7 Å². The van der Waals surface area contributed by atoms with E-state index in [1.54, 1.807) is 0 Å². The summed E-state index contributed by atoms with van der Waals surface area (Å²) in [4.78, 5) is 22.4. The first-order chi connectivity index (χ1) is 7.63. The minimum atomic E-state index is -0.757. The molecule has 0 saturated carbocycles. The van der Waals surface area contributed by atoms with Gasteiger partial charge in [-0.25, -0.2) is 0 Å². The predicted octanol–water partition coefficient (Wildman–Crippen LogP) is 0.633. The fourth-order valence-corrected chi connectivity index (χ4v) is 0.978. The molecule has 0 saturated heterocycles. The summed E-state index contributed by atoms with van der Waals surface area (Å²) in [5, 5.41) is 13.7. The van der Waals surface area contributed by atoms with E-state index in [-0.39, 0.29) is 12.3 Å². The van der Waals surface area contributed by atoms with Crippen LogP contribution < -0.4 is 10.6 Å². The van der Waals surface area contributed by atoms with Crippen LogP contribution in [0.15, 0.2) is 36.9 Å². The maximum absolute atomic E-state index is 11.3. The smallest absolute Gasteiger partial charge is 0.313 e. The molecule has 5 nitrogen and oxygen atoms in total. The van der Waals surface area contributed by atoms with Crippen LogP contribution in [0.2, 0.25) is 0 Å². The molecule has 0 unspecified atom stereocenters. The van der Waals surface area contributed by atoms with Gasteiger partial charge in [-0.3, -0.25) is 9.59 Å². The Kier molecular flexibility index (Phi) is 4.08. The summed E-state index contributed by atoms with van der Waals surface area (Å²) in [7, 11) is 0. The van der Waals surface area contributed by atoms with Crippen molar-refractivity contribution in [3.8, 4) is 5.75 Å². The number of amides is 2. The molecule has 0 atom stereocenters. The standard InChI is InChI=1S/C11H12N2O3/c1-2-7-12-10(15)11(16)13-8-3-5-9(14)6-4-8/h2-6,14H,1,7H2,(H,12,15)(H,13,16). The van der Waals surface area contributed by atoms with E-state index in [1.807, 2.05) is 0 Å². The molecule has 1 rings (SSSR count). The topological polar surface area (TPSA) is 78.4 Å². The molecule has 0 radical (unpaired) electrons. The van der Waals surface area contributed by atoms with E-state index < -0.39 is 11.8 Å².